The second-order valence-corrected chi connectivity index (χ2v) is 5.91. The second kappa shape index (κ2) is 12.5. The third-order valence-corrected chi connectivity index (χ3v) is 3.48. The Hall–Kier alpha value is -0.0800. The van der Waals surface area contributed by atoms with Gasteiger partial charge in [-0.15, -0.1) is 24.0 Å². The quantitative estimate of drug-likeness (QED) is 0.302. The summed E-state index contributed by atoms with van der Waals surface area (Å²) in [5, 5.41) is 6.64. The number of nitrogens with zero attached hydrogens (tertiary/aromatic N) is 3. The van der Waals surface area contributed by atoms with Crippen molar-refractivity contribution < 1.29 is 0 Å². The van der Waals surface area contributed by atoms with Gasteiger partial charge in [-0.05, 0) is 60.3 Å². The molecular formula is C15H34IN5. The van der Waals surface area contributed by atoms with E-state index in [0.29, 0.717) is 6.04 Å². The largest absolute Gasteiger partial charge is 0.357 e. The first kappa shape index (κ1) is 20.9. The van der Waals surface area contributed by atoms with E-state index in [-0.39, 0.29) is 24.0 Å². The number of halogens is 1. The first-order valence-electron chi connectivity index (χ1n) is 8.07. The van der Waals surface area contributed by atoms with E-state index >= 15 is 0 Å². The third kappa shape index (κ3) is 10.3. The summed E-state index contributed by atoms with van der Waals surface area (Å²) in [4.78, 5) is 9.63. The average Bonchev–Trinajstić information content (AvgIpc) is 2.59. The van der Waals surface area contributed by atoms with Gasteiger partial charge in [0.25, 0.3) is 0 Å². The highest BCUT2D eigenvalue weighted by Crippen LogP contribution is 2.01. The molecule has 0 radical (unpaired) electrons. The van der Waals surface area contributed by atoms with Gasteiger partial charge in [-0.1, -0.05) is 0 Å². The molecule has 1 rings (SSSR count). The number of rotatable bonds is 6. The highest BCUT2D eigenvalue weighted by Gasteiger charge is 2.11. The fourth-order valence-corrected chi connectivity index (χ4v) is 2.40. The molecule has 5 nitrogen and oxygen atoms in total. The van der Waals surface area contributed by atoms with E-state index in [1.54, 1.807) is 0 Å². The molecule has 1 aliphatic heterocycles. The predicted octanol–water partition coefficient (Wildman–Crippen LogP) is 1.60. The maximum absolute atomic E-state index is 4.63. The smallest absolute Gasteiger partial charge is 0.191 e. The van der Waals surface area contributed by atoms with Crippen LogP contribution in [0.15, 0.2) is 4.99 Å². The zero-order valence-corrected chi connectivity index (χ0v) is 16.5. The molecule has 1 aliphatic rings. The first-order valence-corrected chi connectivity index (χ1v) is 8.07. The van der Waals surface area contributed by atoms with Gasteiger partial charge < -0.3 is 20.4 Å². The molecule has 0 saturated carbocycles. The van der Waals surface area contributed by atoms with Crippen molar-refractivity contribution in [3.63, 3.8) is 0 Å². The Labute approximate surface area is 148 Å². The maximum Gasteiger partial charge on any atom is 0.191 e. The normalized spacial score (nSPS) is 18.2. The van der Waals surface area contributed by atoms with Crippen molar-refractivity contribution in [3.8, 4) is 0 Å². The Morgan fingerprint density at radius 2 is 1.95 bits per heavy atom. The van der Waals surface area contributed by atoms with Crippen LogP contribution in [0.1, 0.15) is 33.6 Å². The molecule has 0 aliphatic carbocycles. The summed E-state index contributed by atoms with van der Waals surface area (Å²) in [5.74, 6) is 0.943. The summed E-state index contributed by atoms with van der Waals surface area (Å²) >= 11 is 0. The SMILES string of the molecule is CCNC(=NCCCN1CCCN(C)CC1)NC(C)C.I. The van der Waals surface area contributed by atoms with Crippen molar-refractivity contribution in [2.75, 3.05) is 52.9 Å². The molecule has 21 heavy (non-hydrogen) atoms. The summed E-state index contributed by atoms with van der Waals surface area (Å²) in [6.45, 7) is 14.2. The van der Waals surface area contributed by atoms with E-state index in [9.17, 15) is 0 Å². The van der Waals surface area contributed by atoms with Crippen molar-refractivity contribution in [1.29, 1.82) is 0 Å². The standard InChI is InChI=1S/C15H33N5.HI/c1-5-16-15(18-14(2)3)17-8-6-10-20-11-7-9-19(4)12-13-20;/h14H,5-13H2,1-4H3,(H2,16,17,18);1H. The van der Waals surface area contributed by atoms with Gasteiger partial charge in [-0.25, -0.2) is 0 Å². The molecule has 0 atom stereocenters. The minimum Gasteiger partial charge on any atom is -0.357 e. The van der Waals surface area contributed by atoms with Crippen LogP contribution in [0, 0.1) is 0 Å². The molecule has 0 bridgehead atoms. The summed E-state index contributed by atoms with van der Waals surface area (Å²) in [7, 11) is 2.22. The third-order valence-electron chi connectivity index (χ3n) is 3.48. The lowest BCUT2D eigenvalue weighted by atomic mass is 10.3. The molecule has 0 spiro atoms. The van der Waals surface area contributed by atoms with Crippen LogP contribution in [0.5, 0.6) is 0 Å². The van der Waals surface area contributed by atoms with E-state index in [1.807, 2.05) is 0 Å². The van der Waals surface area contributed by atoms with E-state index in [2.05, 4.69) is 53.2 Å². The summed E-state index contributed by atoms with van der Waals surface area (Å²) in [5.41, 5.74) is 0. The zero-order chi connectivity index (χ0) is 14.8. The lowest BCUT2D eigenvalue weighted by Crippen LogP contribution is -2.41. The zero-order valence-electron chi connectivity index (χ0n) is 14.2. The van der Waals surface area contributed by atoms with Gasteiger partial charge in [-0.3, -0.25) is 4.99 Å². The van der Waals surface area contributed by atoms with Crippen LogP contribution in [-0.2, 0) is 0 Å². The number of aliphatic imine (C=N–C) groups is 1. The molecule has 1 saturated heterocycles. The molecule has 126 valence electrons. The Morgan fingerprint density at radius 3 is 2.62 bits per heavy atom. The number of guanidine groups is 1. The summed E-state index contributed by atoms with van der Waals surface area (Å²) in [6.07, 6.45) is 2.43. The van der Waals surface area contributed by atoms with Crippen molar-refractivity contribution in [2.24, 2.45) is 4.99 Å². The van der Waals surface area contributed by atoms with Gasteiger partial charge in [-0.2, -0.15) is 0 Å². The summed E-state index contributed by atoms with van der Waals surface area (Å²) in [6, 6.07) is 0.425. The lowest BCUT2D eigenvalue weighted by Gasteiger charge is -2.19. The first-order chi connectivity index (χ1) is 9.61. The van der Waals surface area contributed by atoms with Crippen LogP contribution in [0.4, 0.5) is 0 Å². The molecule has 0 aromatic heterocycles. The predicted molar refractivity (Wildman–Crippen MR) is 103 cm³/mol. The molecule has 2 N–H and O–H groups in total. The van der Waals surface area contributed by atoms with Crippen molar-refractivity contribution in [1.82, 2.24) is 20.4 Å². The highest BCUT2D eigenvalue weighted by molar-refractivity contribution is 14.0. The van der Waals surface area contributed by atoms with E-state index in [0.717, 1.165) is 25.5 Å². The van der Waals surface area contributed by atoms with Crippen LogP contribution >= 0.6 is 24.0 Å². The molecule has 1 heterocycles. The van der Waals surface area contributed by atoms with Crippen molar-refractivity contribution >= 4 is 29.9 Å². The van der Waals surface area contributed by atoms with Gasteiger partial charge >= 0.3 is 0 Å². The van der Waals surface area contributed by atoms with Crippen LogP contribution in [0.2, 0.25) is 0 Å². The monoisotopic (exact) mass is 411 g/mol. The average molecular weight is 411 g/mol. The molecule has 0 amide bonds. The van der Waals surface area contributed by atoms with Crippen LogP contribution in [-0.4, -0.2) is 74.7 Å². The molecule has 0 aromatic rings. The number of hydrogen-bond acceptors (Lipinski definition) is 3. The molecular weight excluding hydrogens is 377 g/mol. The van der Waals surface area contributed by atoms with Gasteiger partial charge in [0, 0.05) is 32.2 Å². The van der Waals surface area contributed by atoms with Gasteiger partial charge in [0.15, 0.2) is 5.96 Å². The topological polar surface area (TPSA) is 42.9 Å². The minimum absolute atomic E-state index is 0. The molecule has 1 fully saturated rings. The van der Waals surface area contributed by atoms with Gasteiger partial charge in [0.2, 0.25) is 0 Å². The van der Waals surface area contributed by atoms with Crippen molar-refractivity contribution in [2.45, 2.75) is 39.7 Å². The fourth-order valence-electron chi connectivity index (χ4n) is 2.40. The number of hydrogen-bond donors (Lipinski definition) is 2. The molecule has 0 aromatic carbocycles. The number of nitrogens with one attached hydrogen (secondary N) is 2. The fraction of sp³-hybridized carbons (Fsp3) is 0.933. The van der Waals surface area contributed by atoms with E-state index in [1.165, 1.54) is 39.1 Å². The Kier molecular flexibility index (Phi) is 12.4. The van der Waals surface area contributed by atoms with Crippen molar-refractivity contribution in [3.05, 3.63) is 0 Å². The highest BCUT2D eigenvalue weighted by atomic mass is 127. The number of likely N-dealkylation sites (N-methyl/N-ethyl adjacent to an activating group) is 1. The van der Waals surface area contributed by atoms with Crippen LogP contribution < -0.4 is 10.6 Å². The minimum atomic E-state index is 0. The van der Waals surface area contributed by atoms with Crippen LogP contribution in [0.3, 0.4) is 0 Å². The van der Waals surface area contributed by atoms with Gasteiger partial charge in [0.05, 0.1) is 0 Å². The molecule has 6 heteroatoms. The van der Waals surface area contributed by atoms with E-state index in [4.69, 9.17) is 0 Å². The van der Waals surface area contributed by atoms with Gasteiger partial charge in [0.1, 0.15) is 0 Å². The van der Waals surface area contributed by atoms with Crippen LogP contribution in [0.25, 0.3) is 0 Å². The second-order valence-electron chi connectivity index (χ2n) is 5.91. The Morgan fingerprint density at radius 1 is 1.19 bits per heavy atom. The lowest BCUT2D eigenvalue weighted by molar-refractivity contribution is 0.275. The van der Waals surface area contributed by atoms with E-state index < -0.39 is 0 Å². The Balaban J connectivity index is 0.00000400. The molecule has 0 unspecified atom stereocenters. The Bertz CT molecular complexity index is 283. The maximum atomic E-state index is 4.63. The summed E-state index contributed by atoms with van der Waals surface area (Å²) < 4.78 is 0.